The van der Waals surface area contributed by atoms with Gasteiger partial charge in [-0.3, -0.25) is 9.59 Å². The first-order valence-corrected chi connectivity index (χ1v) is 30.8. The van der Waals surface area contributed by atoms with Crippen molar-refractivity contribution in [2.45, 2.75) is 341 Å². The standard InChI is InChI=1S/C63H119NO5/c1-3-5-7-9-11-13-15-17-19-21-23-24-27-31-35-39-43-47-51-55-61(66)60(59-65)64-62(67)56-52-48-44-40-36-32-28-26-30-34-38-42-46-50-54-58-69-63(68)57-53-49-45-41-37-33-29-25-22-20-18-16-14-12-10-8-6-4-2/h20,22,30,34,51,55,60-61,65-66H,3-19,21,23-29,31-33,35-50,52-54,56-59H2,1-2H3,(H,64,67)/b22-20-,34-30-,55-51+. The van der Waals surface area contributed by atoms with Crippen molar-refractivity contribution in [1.82, 2.24) is 5.32 Å². The van der Waals surface area contributed by atoms with E-state index in [0.29, 0.717) is 19.4 Å². The Kier molecular flexibility index (Phi) is 57.0. The number of nitrogens with one attached hydrogen (secondary N) is 1. The van der Waals surface area contributed by atoms with Crippen molar-refractivity contribution in [3.8, 4) is 0 Å². The zero-order valence-electron chi connectivity index (χ0n) is 46.3. The molecule has 0 saturated carbocycles. The molecule has 0 aromatic carbocycles. The van der Waals surface area contributed by atoms with Crippen LogP contribution in [0, 0.1) is 0 Å². The Labute approximate surface area is 430 Å². The molecule has 6 heteroatoms. The number of hydrogen-bond acceptors (Lipinski definition) is 5. The van der Waals surface area contributed by atoms with Crippen molar-refractivity contribution in [3.05, 3.63) is 36.5 Å². The van der Waals surface area contributed by atoms with Gasteiger partial charge in [-0.1, -0.05) is 269 Å². The number of hydrogen-bond donors (Lipinski definition) is 3. The number of amides is 1. The third kappa shape index (κ3) is 55.2. The van der Waals surface area contributed by atoms with Crippen molar-refractivity contribution in [1.29, 1.82) is 0 Å². The molecule has 0 aromatic heterocycles. The highest BCUT2D eigenvalue weighted by atomic mass is 16.5. The molecule has 0 radical (unpaired) electrons. The lowest BCUT2D eigenvalue weighted by Crippen LogP contribution is -2.45. The second-order valence-electron chi connectivity index (χ2n) is 21.0. The maximum atomic E-state index is 12.5. The molecule has 406 valence electrons. The first-order valence-electron chi connectivity index (χ1n) is 30.8. The van der Waals surface area contributed by atoms with Gasteiger partial charge in [-0.15, -0.1) is 0 Å². The SMILES string of the molecule is CCCCCCCCC/C=C\CCCCCCCCCC(=O)OCCCCCC/C=C\CCCCCCCCCC(=O)NC(CO)C(O)/C=C/CCCCCCCCCCCCCCCCCCC. The Hall–Kier alpha value is -1.92. The Morgan fingerprint density at radius 2 is 0.681 bits per heavy atom. The van der Waals surface area contributed by atoms with E-state index in [1.165, 1.54) is 231 Å². The molecule has 0 heterocycles. The summed E-state index contributed by atoms with van der Waals surface area (Å²) in [6, 6.07) is -0.640. The van der Waals surface area contributed by atoms with Gasteiger partial charge in [0.25, 0.3) is 0 Å². The van der Waals surface area contributed by atoms with Gasteiger partial charge in [-0.25, -0.2) is 0 Å². The van der Waals surface area contributed by atoms with E-state index in [-0.39, 0.29) is 18.5 Å². The second-order valence-corrected chi connectivity index (χ2v) is 21.0. The lowest BCUT2D eigenvalue weighted by atomic mass is 10.0. The molecule has 0 spiro atoms. The van der Waals surface area contributed by atoms with Crippen LogP contribution in [0.3, 0.4) is 0 Å². The van der Waals surface area contributed by atoms with Crippen LogP contribution in [0.1, 0.15) is 328 Å². The van der Waals surface area contributed by atoms with Gasteiger partial charge in [0.1, 0.15) is 0 Å². The number of aliphatic hydroxyl groups is 2. The summed E-state index contributed by atoms with van der Waals surface area (Å²) >= 11 is 0. The third-order valence-electron chi connectivity index (χ3n) is 14.1. The molecule has 6 nitrogen and oxygen atoms in total. The van der Waals surface area contributed by atoms with E-state index >= 15 is 0 Å². The molecule has 0 saturated heterocycles. The Bertz CT molecular complexity index is 1120. The summed E-state index contributed by atoms with van der Waals surface area (Å²) in [5.41, 5.74) is 0. The largest absolute Gasteiger partial charge is 0.466 e. The van der Waals surface area contributed by atoms with Crippen LogP contribution in [0.5, 0.6) is 0 Å². The topological polar surface area (TPSA) is 95.9 Å². The van der Waals surface area contributed by atoms with Gasteiger partial charge in [0.05, 0.1) is 25.4 Å². The molecule has 1 amide bonds. The first-order chi connectivity index (χ1) is 34.0. The van der Waals surface area contributed by atoms with Crippen LogP contribution in [-0.4, -0.2) is 47.4 Å². The van der Waals surface area contributed by atoms with Crippen LogP contribution in [0.25, 0.3) is 0 Å². The van der Waals surface area contributed by atoms with E-state index in [1.807, 2.05) is 6.08 Å². The Morgan fingerprint density at radius 1 is 0.391 bits per heavy atom. The fraction of sp³-hybridized carbons (Fsp3) is 0.873. The van der Waals surface area contributed by atoms with Crippen molar-refractivity contribution >= 4 is 11.9 Å². The summed E-state index contributed by atoms with van der Waals surface area (Å²) < 4.78 is 5.47. The smallest absolute Gasteiger partial charge is 0.305 e. The molecule has 0 aliphatic rings. The average Bonchev–Trinajstić information content (AvgIpc) is 3.35. The molecule has 0 aromatic rings. The normalized spacial score (nSPS) is 12.8. The van der Waals surface area contributed by atoms with E-state index in [9.17, 15) is 19.8 Å². The molecule has 0 fully saturated rings. The lowest BCUT2D eigenvalue weighted by Gasteiger charge is -2.20. The van der Waals surface area contributed by atoms with E-state index in [1.54, 1.807) is 6.08 Å². The van der Waals surface area contributed by atoms with Crippen molar-refractivity contribution in [2.75, 3.05) is 13.2 Å². The van der Waals surface area contributed by atoms with Crippen LogP contribution < -0.4 is 5.32 Å². The van der Waals surface area contributed by atoms with Gasteiger partial charge in [-0.2, -0.15) is 0 Å². The van der Waals surface area contributed by atoms with Crippen LogP contribution in [0.2, 0.25) is 0 Å². The minimum Gasteiger partial charge on any atom is -0.466 e. The summed E-state index contributed by atoms with van der Waals surface area (Å²) in [6.45, 7) is 4.88. The Morgan fingerprint density at radius 3 is 1.03 bits per heavy atom. The van der Waals surface area contributed by atoms with Crippen molar-refractivity contribution in [3.63, 3.8) is 0 Å². The van der Waals surface area contributed by atoms with Crippen LogP contribution in [0.4, 0.5) is 0 Å². The van der Waals surface area contributed by atoms with Gasteiger partial charge >= 0.3 is 5.97 Å². The quantitative estimate of drug-likeness (QED) is 0.0321. The van der Waals surface area contributed by atoms with Gasteiger partial charge in [0, 0.05) is 12.8 Å². The predicted molar refractivity (Wildman–Crippen MR) is 301 cm³/mol. The number of carbonyl (C=O) groups is 2. The minimum absolute atomic E-state index is 0.0139. The number of esters is 1. The lowest BCUT2D eigenvalue weighted by molar-refractivity contribution is -0.143. The second kappa shape index (κ2) is 58.6. The zero-order valence-corrected chi connectivity index (χ0v) is 46.3. The zero-order chi connectivity index (χ0) is 50.0. The molecular weight excluding hydrogens is 851 g/mol. The highest BCUT2D eigenvalue weighted by Gasteiger charge is 2.18. The highest BCUT2D eigenvalue weighted by molar-refractivity contribution is 5.76. The maximum absolute atomic E-state index is 12.5. The molecule has 0 bridgehead atoms. The number of aliphatic hydroxyl groups excluding tert-OH is 2. The van der Waals surface area contributed by atoms with Gasteiger partial charge < -0.3 is 20.3 Å². The molecule has 69 heavy (non-hydrogen) atoms. The van der Waals surface area contributed by atoms with Crippen molar-refractivity contribution < 1.29 is 24.5 Å². The summed E-state index contributed by atoms with van der Waals surface area (Å²) in [5, 5.41) is 23.2. The molecule has 2 atom stereocenters. The van der Waals surface area contributed by atoms with Crippen LogP contribution in [-0.2, 0) is 14.3 Å². The molecule has 3 N–H and O–H groups in total. The van der Waals surface area contributed by atoms with E-state index in [2.05, 4.69) is 43.5 Å². The molecule has 0 aliphatic heterocycles. The average molecular weight is 971 g/mol. The molecule has 0 rings (SSSR count). The number of ether oxygens (including phenoxy) is 1. The minimum atomic E-state index is -0.856. The van der Waals surface area contributed by atoms with E-state index in [0.717, 1.165) is 70.6 Å². The van der Waals surface area contributed by atoms with E-state index in [4.69, 9.17) is 4.74 Å². The van der Waals surface area contributed by atoms with Gasteiger partial charge in [-0.05, 0) is 83.5 Å². The summed E-state index contributed by atoms with van der Waals surface area (Å²) in [5.74, 6) is -0.0953. The summed E-state index contributed by atoms with van der Waals surface area (Å²) in [7, 11) is 0. The monoisotopic (exact) mass is 970 g/mol. The summed E-state index contributed by atoms with van der Waals surface area (Å²) in [4.78, 5) is 24.6. The van der Waals surface area contributed by atoms with Crippen LogP contribution in [0.15, 0.2) is 36.5 Å². The third-order valence-corrected chi connectivity index (χ3v) is 14.1. The van der Waals surface area contributed by atoms with Gasteiger partial charge in [0.15, 0.2) is 0 Å². The maximum Gasteiger partial charge on any atom is 0.305 e. The highest BCUT2D eigenvalue weighted by Crippen LogP contribution is 2.17. The molecule has 2 unspecified atom stereocenters. The fourth-order valence-electron chi connectivity index (χ4n) is 9.39. The molecular formula is C63H119NO5. The number of rotatable bonds is 57. The van der Waals surface area contributed by atoms with Crippen molar-refractivity contribution in [2.24, 2.45) is 0 Å². The fourth-order valence-corrected chi connectivity index (χ4v) is 9.39. The number of allylic oxidation sites excluding steroid dienone is 5. The van der Waals surface area contributed by atoms with Gasteiger partial charge in [0.2, 0.25) is 5.91 Å². The predicted octanol–water partition coefficient (Wildman–Crippen LogP) is 19.2. The number of unbranched alkanes of at least 4 members (excludes halogenated alkanes) is 42. The summed E-state index contributed by atoms with van der Waals surface area (Å²) in [6.07, 6.45) is 73.2. The number of carbonyl (C=O) groups excluding carboxylic acids is 2. The first kappa shape index (κ1) is 67.1. The molecule has 0 aliphatic carbocycles. The van der Waals surface area contributed by atoms with Crippen LogP contribution >= 0.6 is 0 Å². The Balaban J connectivity index is 3.49. The van der Waals surface area contributed by atoms with E-state index < -0.39 is 12.1 Å².